The van der Waals surface area contributed by atoms with E-state index in [-0.39, 0.29) is 18.2 Å². The van der Waals surface area contributed by atoms with E-state index in [4.69, 9.17) is 11.5 Å². The van der Waals surface area contributed by atoms with Gasteiger partial charge < -0.3 is 22.1 Å². The van der Waals surface area contributed by atoms with Crippen molar-refractivity contribution in [3.8, 4) is 0 Å². The van der Waals surface area contributed by atoms with Gasteiger partial charge >= 0.3 is 6.03 Å². The fraction of sp³-hybridized carbons (Fsp3) is 0.529. The van der Waals surface area contributed by atoms with Crippen LogP contribution in [-0.4, -0.2) is 24.0 Å². The molecule has 0 aromatic heterocycles. The Hall–Kier alpha value is -2.08. The number of carbonyl (C=O) groups is 2. The molecule has 1 aromatic carbocycles. The van der Waals surface area contributed by atoms with Gasteiger partial charge in [-0.25, -0.2) is 4.79 Å². The van der Waals surface area contributed by atoms with Crippen LogP contribution < -0.4 is 22.1 Å². The second-order valence-corrected chi connectivity index (χ2v) is 6.45. The molecule has 128 valence electrons. The average Bonchev–Trinajstić information content (AvgIpc) is 2.46. The van der Waals surface area contributed by atoms with Gasteiger partial charge in [-0.05, 0) is 30.9 Å². The van der Waals surface area contributed by atoms with Gasteiger partial charge in [0, 0.05) is 6.54 Å². The van der Waals surface area contributed by atoms with Crippen molar-refractivity contribution in [3.05, 3.63) is 35.4 Å². The molecule has 1 aromatic rings. The number of rotatable bonds is 7. The molecule has 0 saturated carbocycles. The van der Waals surface area contributed by atoms with Crippen molar-refractivity contribution in [2.45, 2.75) is 45.7 Å². The Kier molecular flexibility index (Phi) is 6.57. The SMILES string of the molecule is Cc1ccccc1C(CC(=O)NC(C)(CN)C(C)C)NC(N)=O. The van der Waals surface area contributed by atoms with Crippen molar-refractivity contribution in [1.82, 2.24) is 10.6 Å². The van der Waals surface area contributed by atoms with Crippen LogP contribution in [0.1, 0.15) is 44.4 Å². The summed E-state index contributed by atoms with van der Waals surface area (Å²) in [6.45, 7) is 8.21. The summed E-state index contributed by atoms with van der Waals surface area (Å²) >= 11 is 0. The van der Waals surface area contributed by atoms with Gasteiger partial charge in [-0.15, -0.1) is 0 Å². The van der Waals surface area contributed by atoms with Gasteiger partial charge in [0.25, 0.3) is 0 Å². The number of aryl methyl sites for hydroxylation is 1. The van der Waals surface area contributed by atoms with Gasteiger partial charge in [0.15, 0.2) is 0 Å². The van der Waals surface area contributed by atoms with Gasteiger partial charge in [-0.3, -0.25) is 4.79 Å². The maximum absolute atomic E-state index is 12.4. The molecule has 1 rings (SSSR count). The van der Waals surface area contributed by atoms with Crippen LogP contribution in [0.25, 0.3) is 0 Å². The lowest BCUT2D eigenvalue weighted by Crippen LogP contribution is -2.55. The largest absolute Gasteiger partial charge is 0.352 e. The van der Waals surface area contributed by atoms with Crippen LogP contribution >= 0.6 is 0 Å². The maximum atomic E-state index is 12.4. The molecule has 0 aliphatic carbocycles. The van der Waals surface area contributed by atoms with Crippen LogP contribution in [0.5, 0.6) is 0 Å². The van der Waals surface area contributed by atoms with E-state index in [1.165, 1.54) is 0 Å². The molecule has 0 radical (unpaired) electrons. The Bertz CT molecular complexity index is 559. The van der Waals surface area contributed by atoms with Crippen molar-refractivity contribution in [2.75, 3.05) is 6.54 Å². The Balaban J connectivity index is 2.92. The molecule has 3 amide bonds. The molecule has 0 spiro atoms. The zero-order valence-electron chi connectivity index (χ0n) is 14.3. The lowest BCUT2D eigenvalue weighted by atomic mass is 9.88. The van der Waals surface area contributed by atoms with Crippen LogP contribution in [0.3, 0.4) is 0 Å². The molecule has 0 aliphatic rings. The molecule has 6 heteroatoms. The summed E-state index contributed by atoms with van der Waals surface area (Å²) < 4.78 is 0. The fourth-order valence-corrected chi connectivity index (χ4v) is 2.37. The van der Waals surface area contributed by atoms with Crippen LogP contribution in [0.15, 0.2) is 24.3 Å². The Morgan fingerprint density at radius 2 is 1.87 bits per heavy atom. The third-order valence-corrected chi connectivity index (χ3v) is 4.39. The first-order valence-corrected chi connectivity index (χ1v) is 7.82. The molecule has 2 atom stereocenters. The lowest BCUT2D eigenvalue weighted by molar-refractivity contribution is -0.123. The van der Waals surface area contributed by atoms with Crippen molar-refractivity contribution < 1.29 is 9.59 Å². The first-order valence-electron chi connectivity index (χ1n) is 7.82. The first kappa shape index (κ1) is 19.0. The second-order valence-electron chi connectivity index (χ2n) is 6.45. The predicted octanol–water partition coefficient (Wildman–Crippen LogP) is 1.58. The molecule has 6 N–H and O–H groups in total. The van der Waals surface area contributed by atoms with Gasteiger partial charge in [-0.2, -0.15) is 0 Å². The summed E-state index contributed by atoms with van der Waals surface area (Å²) in [6, 6.07) is 6.47. The van der Waals surface area contributed by atoms with Crippen LogP contribution in [0.4, 0.5) is 4.79 Å². The molecule has 0 saturated heterocycles. The highest BCUT2D eigenvalue weighted by atomic mass is 16.2. The summed E-state index contributed by atoms with van der Waals surface area (Å²) in [5.41, 5.74) is 12.4. The van der Waals surface area contributed by atoms with Gasteiger partial charge in [0.05, 0.1) is 18.0 Å². The van der Waals surface area contributed by atoms with E-state index in [0.717, 1.165) is 11.1 Å². The molecule has 6 nitrogen and oxygen atoms in total. The third-order valence-electron chi connectivity index (χ3n) is 4.39. The monoisotopic (exact) mass is 320 g/mol. The molecule has 0 aliphatic heterocycles. The minimum absolute atomic E-state index is 0.107. The Morgan fingerprint density at radius 1 is 1.26 bits per heavy atom. The number of benzene rings is 1. The smallest absolute Gasteiger partial charge is 0.312 e. The van der Waals surface area contributed by atoms with E-state index in [2.05, 4.69) is 10.6 Å². The van der Waals surface area contributed by atoms with Crippen LogP contribution in [-0.2, 0) is 4.79 Å². The minimum Gasteiger partial charge on any atom is -0.352 e. The summed E-state index contributed by atoms with van der Waals surface area (Å²) in [6.07, 6.45) is 0.107. The maximum Gasteiger partial charge on any atom is 0.312 e. The van der Waals surface area contributed by atoms with E-state index in [0.29, 0.717) is 6.54 Å². The van der Waals surface area contributed by atoms with Gasteiger partial charge in [0.2, 0.25) is 5.91 Å². The highest BCUT2D eigenvalue weighted by Gasteiger charge is 2.30. The number of amides is 3. The highest BCUT2D eigenvalue weighted by Crippen LogP contribution is 2.22. The van der Waals surface area contributed by atoms with Crippen LogP contribution in [0, 0.1) is 12.8 Å². The quantitative estimate of drug-likeness (QED) is 0.612. The van der Waals surface area contributed by atoms with Crippen LogP contribution in [0.2, 0.25) is 0 Å². The van der Waals surface area contributed by atoms with E-state index >= 15 is 0 Å². The second kappa shape index (κ2) is 7.97. The molecule has 0 fully saturated rings. The van der Waals surface area contributed by atoms with Gasteiger partial charge in [0.1, 0.15) is 0 Å². The lowest BCUT2D eigenvalue weighted by Gasteiger charge is -2.34. The van der Waals surface area contributed by atoms with E-state index in [9.17, 15) is 9.59 Å². The summed E-state index contributed by atoms with van der Waals surface area (Å²) in [7, 11) is 0. The number of primary amides is 1. The number of carbonyl (C=O) groups excluding carboxylic acids is 2. The van der Waals surface area contributed by atoms with E-state index in [1.807, 2.05) is 52.0 Å². The van der Waals surface area contributed by atoms with Gasteiger partial charge in [-0.1, -0.05) is 38.1 Å². The number of nitrogens with two attached hydrogens (primary N) is 2. The average molecular weight is 320 g/mol. The highest BCUT2D eigenvalue weighted by molar-refractivity contribution is 5.79. The normalized spacial score (nSPS) is 14.9. The third kappa shape index (κ3) is 5.25. The molecule has 0 heterocycles. The Morgan fingerprint density at radius 3 is 2.35 bits per heavy atom. The van der Waals surface area contributed by atoms with E-state index in [1.54, 1.807) is 0 Å². The zero-order chi connectivity index (χ0) is 17.6. The predicted molar refractivity (Wildman–Crippen MR) is 91.7 cm³/mol. The first-order chi connectivity index (χ1) is 10.7. The molecule has 23 heavy (non-hydrogen) atoms. The van der Waals surface area contributed by atoms with Crippen molar-refractivity contribution in [3.63, 3.8) is 0 Å². The summed E-state index contributed by atoms with van der Waals surface area (Å²) in [5, 5.41) is 5.63. The number of nitrogens with one attached hydrogen (secondary N) is 2. The molecular weight excluding hydrogens is 292 g/mol. The van der Waals surface area contributed by atoms with Crippen molar-refractivity contribution in [1.29, 1.82) is 0 Å². The van der Waals surface area contributed by atoms with Crippen molar-refractivity contribution >= 4 is 11.9 Å². The standard InChI is InChI=1S/C17H28N4O2/c1-11(2)17(4,10-18)21-15(22)9-14(20-16(19)23)13-8-6-5-7-12(13)3/h5-8,11,14H,9-10,18H2,1-4H3,(H,21,22)(H3,19,20,23). The fourth-order valence-electron chi connectivity index (χ4n) is 2.37. The molecular formula is C17H28N4O2. The Labute approximate surface area is 138 Å². The number of hydrogen-bond donors (Lipinski definition) is 4. The zero-order valence-corrected chi connectivity index (χ0v) is 14.3. The molecule has 2 unspecified atom stereocenters. The minimum atomic E-state index is -0.656. The topological polar surface area (TPSA) is 110 Å². The van der Waals surface area contributed by atoms with Crippen molar-refractivity contribution in [2.24, 2.45) is 17.4 Å². The number of hydrogen-bond acceptors (Lipinski definition) is 3. The number of urea groups is 1. The molecule has 0 bridgehead atoms. The summed E-state index contributed by atoms with van der Waals surface area (Å²) in [4.78, 5) is 23.7. The summed E-state index contributed by atoms with van der Waals surface area (Å²) in [5.74, 6) is 0.0196. The van der Waals surface area contributed by atoms with E-state index < -0.39 is 17.6 Å².